The minimum atomic E-state index is 0.886. The molecule has 0 atom stereocenters. The van der Waals surface area contributed by atoms with Crippen LogP contribution in [-0.2, 0) is 0 Å². The maximum atomic E-state index is 5.19. The van der Waals surface area contributed by atoms with Gasteiger partial charge in [-0.3, -0.25) is 4.99 Å². The first kappa shape index (κ1) is 30.3. The third-order valence-electron chi connectivity index (χ3n) is 8.69. The first-order valence-corrected chi connectivity index (χ1v) is 17.3. The van der Waals surface area contributed by atoms with Crippen LogP contribution in [0.2, 0.25) is 0 Å². The summed E-state index contributed by atoms with van der Waals surface area (Å²) in [6.45, 7) is 4.14. The lowest BCUT2D eigenvalue weighted by Crippen LogP contribution is -1.95. The van der Waals surface area contributed by atoms with Crippen LogP contribution >= 0.6 is 31.9 Å². The normalized spacial score (nSPS) is 11.9. The van der Waals surface area contributed by atoms with Crippen molar-refractivity contribution in [2.45, 2.75) is 13.8 Å². The SMILES string of the molecule is C/C(=N\c1c(C)ccc2ccc(-c3cccc(-c4ccc5ccc6ccc(-c7ccc(Br)cc7)nc6c5n4)c3)nc12)c1ccc(Br)cc1. The third kappa shape index (κ3) is 5.83. The summed E-state index contributed by atoms with van der Waals surface area (Å²) in [7, 11) is 0. The predicted octanol–water partition coefficient (Wildman–Crippen LogP) is 12.3. The molecule has 0 radical (unpaired) electrons. The van der Waals surface area contributed by atoms with E-state index in [1.165, 1.54) is 0 Å². The third-order valence-corrected chi connectivity index (χ3v) is 9.75. The minimum Gasteiger partial charge on any atom is -0.251 e. The number of rotatable bonds is 5. The molecule has 0 fully saturated rings. The molecule has 0 aliphatic rings. The maximum absolute atomic E-state index is 5.19. The minimum absolute atomic E-state index is 0.886. The first-order chi connectivity index (χ1) is 23.4. The number of hydrogen-bond acceptors (Lipinski definition) is 4. The van der Waals surface area contributed by atoms with Crippen molar-refractivity contribution in [1.82, 2.24) is 15.0 Å². The van der Waals surface area contributed by atoms with Gasteiger partial charge in [-0.2, -0.15) is 0 Å². The van der Waals surface area contributed by atoms with E-state index in [1.807, 2.05) is 31.2 Å². The van der Waals surface area contributed by atoms with Crippen LogP contribution in [0.1, 0.15) is 18.1 Å². The number of benzene rings is 5. The highest BCUT2D eigenvalue weighted by molar-refractivity contribution is 9.10. The van der Waals surface area contributed by atoms with Crippen molar-refractivity contribution >= 4 is 76.0 Å². The summed E-state index contributed by atoms with van der Waals surface area (Å²) in [6, 6.07) is 46.0. The van der Waals surface area contributed by atoms with E-state index in [9.17, 15) is 0 Å². The number of aliphatic imine (C=N–C) groups is 1. The number of aryl methyl sites for hydroxylation is 1. The summed E-state index contributed by atoms with van der Waals surface area (Å²) >= 11 is 7.06. The topological polar surface area (TPSA) is 51.0 Å². The van der Waals surface area contributed by atoms with Crippen molar-refractivity contribution in [1.29, 1.82) is 0 Å². The Hall–Kier alpha value is -5.04. The molecule has 8 aromatic rings. The van der Waals surface area contributed by atoms with E-state index in [0.29, 0.717) is 0 Å². The van der Waals surface area contributed by atoms with E-state index < -0.39 is 0 Å². The fraction of sp³-hybridized carbons (Fsp3) is 0.0476. The fourth-order valence-corrected chi connectivity index (χ4v) is 6.58. The molecule has 4 nitrogen and oxygen atoms in total. The van der Waals surface area contributed by atoms with Gasteiger partial charge < -0.3 is 0 Å². The van der Waals surface area contributed by atoms with Gasteiger partial charge in [0.15, 0.2) is 0 Å². The van der Waals surface area contributed by atoms with Crippen molar-refractivity contribution < 1.29 is 0 Å². The molecule has 0 aliphatic heterocycles. The van der Waals surface area contributed by atoms with Crippen molar-refractivity contribution in [2.75, 3.05) is 0 Å². The van der Waals surface area contributed by atoms with Gasteiger partial charge in [0, 0.05) is 47.5 Å². The van der Waals surface area contributed by atoms with Gasteiger partial charge >= 0.3 is 0 Å². The summed E-state index contributed by atoms with van der Waals surface area (Å²) in [5.41, 5.74) is 12.5. The molecule has 8 rings (SSSR count). The van der Waals surface area contributed by atoms with Crippen molar-refractivity contribution in [3.05, 3.63) is 154 Å². The molecule has 5 aromatic carbocycles. The van der Waals surface area contributed by atoms with Crippen molar-refractivity contribution in [3.8, 4) is 33.8 Å². The van der Waals surface area contributed by atoms with Gasteiger partial charge in [-0.05, 0) is 73.5 Å². The Balaban J connectivity index is 1.20. The number of hydrogen-bond donors (Lipinski definition) is 0. The molecule has 0 spiro atoms. The fourth-order valence-electron chi connectivity index (χ4n) is 6.05. The quantitative estimate of drug-likeness (QED) is 0.130. The largest absolute Gasteiger partial charge is 0.251 e. The van der Waals surface area contributed by atoms with E-state index >= 15 is 0 Å². The second-order valence-corrected chi connectivity index (χ2v) is 13.7. The lowest BCUT2D eigenvalue weighted by atomic mass is 10.0. The van der Waals surface area contributed by atoms with Crippen molar-refractivity contribution in [3.63, 3.8) is 0 Å². The molecule has 0 amide bonds. The Kier molecular flexibility index (Phi) is 7.91. The molecule has 0 N–H and O–H groups in total. The van der Waals surface area contributed by atoms with Crippen LogP contribution in [0.15, 0.2) is 147 Å². The van der Waals surface area contributed by atoms with E-state index in [4.69, 9.17) is 19.9 Å². The number of nitrogens with zero attached hydrogens (tertiary/aromatic N) is 4. The molecule has 48 heavy (non-hydrogen) atoms. The molecule has 6 heteroatoms. The molecule has 0 unspecified atom stereocenters. The lowest BCUT2D eigenvalue weighted by molar-refractivity contribution is 1.34. The molecular formula is C42H28Br2N4. The zero-order chi connectivity index (χ0) is 32.8. The first-order valence-electron chi connectivity index (χ1n) is 15.7. The number of halogens is 2. The maximum Gasteiger partial charge on any atom is 0.0972 e. The average Bonchev–Trinajstić information content (AvgIpc) is 3.12. The van der Waals surface area contributed by atoms with E-state index in [1.54, 1.807) is 0 Å². The lowest BCUT2D eigenvalue weighted by Gasteiger charge is -2.11. The summed E-state index contributed by atoms with van der Waals surface area (Å²) in [5, 5.41) is 3.17. The molecule has 0 saturated carbocycles. The summed E-state index contributed by atoms with van der Waals surface area (Å²) in [6.07, 6.45) is 0. The van der Waals surface area contributed by atoms with E-state index in [0.717, 1.165) is 98.0 Å². The molecule has 0 aliphatic carbocycles. The van der Waals surface area contributed by atoms with Gasteiger partial charge in [-0.15, -0.1) is 0 Å². The molecular weight excluding hydrogens is 720 g/mol. The second-order valence-electron chi connectivity index (χ2n) is 11.9. The molecule has 0 bridgehead atoms. The summed E-state index contributed by atoms with van der Waals surface area (Å²) in [4.78, 5) is 20.6. The van der Waals surface area contributed by atoms with Crippen LogP contribution in [-0.4, -0.2) is 20.7 Å². The van der Waals surface area contributed by atoms with Crippen LogP contribution in [0.3, 0.4) is 0 Å². The van der Waals surface area contributed by atoms with Gasteiger partial charge in [0.05, 0.1) is 39.3 Å². The van der Waals surface area contributed by atoms with Crippen LogP contribution in [0.5, 0.6) is 0 Å². The Labute approximate surface area is 295 Å². The van der Waals surface area contributed by atoms with Gasteiger partial charge in [0.25, 0.3) is 0 Å². The molecule has 0 saturated heterocycles. The van der Waals surface area contributed by atoms with Crippen LogP contribution in [0, 0.1) is 6.92 Å². The zero-order valence-electron chi connectivity index (χ0n) is 26.2. The Morgan fingerprint density at radius 1 is 0.500 bits per heavy atom. The highest BCUT2D eigenvalue weighted by Gasteiger charge is 2.12. The van der Waals surface area contributed by atoms with E-state index in [2.05, 4.69) is 148 Å². The highest BCUT2D eigenvalue weighted by atomic mass is 79.9. The van der Waals surface area contributed by atoms with Crippen molar-refractivity contribution in [2.24, 2.45) is 4.99 Å². The predicted molar refractivity (Wildman–Crippen MR) is 207 cm³/mol. The van der Waals surface area contributed by atoms with Crippen LogP contribution in [0.25, 0.3) is 66.5 Å². The second kappa shape index (κ2) is 12.5. The Morgan fingerprint density at radius 3 is 1.54 bits per heavy atom. The van der Waals surface area contributed by atoms with Gasteiger partial charge in [-0.1, -0.05) is 117 Å². The monoisotopic (exact) mass is 746 g/mol. The molecule has 230 valence electrons. The summed E-state index contributed by atoms with van der Waals surface area (Å²) < 4.78 is 2.09. The molecule has 3 heterocycles. The molecule has 3 aromatic heterocycles. The van der Waals surface area contributed by atoms with Gasteiger partial charge in [-0.25, -0.2) is 15.0 Å². The Morgan fingerprint density at radius 2 is 0.958 bits per heavy atom. The number of pyridine rings is 3. The van der Waals surface area contributed by atoms with Gasteiger partial charge in [0.1, 0.15) is 0 Å². The highest BCUT2D eigenvalue weighted by Crippen LogP contribution is 2.34. The zero-order valence-corrected chi connectivity index (χ0v) is 29.4. The number of aromatic nitrogens is 3. The number of fused-ring (bicyclic) bond motifs is 4. The van der Waals surface area contributed by atoms with Crippen LogP contribution < -0.4 is 0 Å². The van der Waals surface area contributed by atoms with Gasteiger partial charge in [0.2, 0.25) is 0 Å². The Bertz CT molecular complexity index is 2540. The van der Waals surface area contributed by atoms with E-state index in [-0.39, 0.29) is 0 Å². The van der Waals surface area contributed by atoms with Crippen LogP contribution in [0.4, 0.5) is 5.69 Å². The standard InChI is InChI=1S/C42H28Br2N4/c1-25-6-7-29-15-22-37(47-40(29)39(25)45-26(2)27-10-17-34(43)18-11-27)32-4-3-5-33(24-32)38-23-16-31-9-8-30-14-21-36(46-41(30)42(31)48-38)28-12-19-35(44)20-13-28/h3-24H,1-2H3/b45-26+. The average molecular weight is 749 g/mol. The smallest absolute Gasteiger partial charge is 0.0972 e. The summed E-state index contributed by atoms with van der Waals surface area (Å²) in [5.74, 6) is 0.